The molecule has 2 aliphatic rings. The Morgan fingerprint density at radius 1 is 1.09 bits per heavy atom. The van der Waals surface area contributed by atoms with E-state index in [9.17, 15) is 9.59 Å². The Bertz CT molecular complexity index is 567. The van der Waals surface area contributed by atoms with Crippen LogP contribution in [-0.4, -0.2) is 23.9 Å². The number of hydrogen-bond acceptors (Lipinski definition) is 2. The van der Waals surface area contributed by atoms with Gasteiger partial charge in [-0.2, -0.15) is 0 Å². The molecular weight excluding hydrogens is 276 g/mol. The van der Waals surface area contributed by atoms with Gasteiger partial charge in [0, 0.05) is 5.92 Å². The number of nitrogens with zero attached hydrogens (tertiary/aromatic N) is 1. The second-order valence-electron chi connectivity index (χ2n) is 6.83. The average Bonchev–Trinajstić information content (AvgIpc) is 2.77. The molecule has 118 valence electrons. The van der Waals surface area contributed by atoms with Crippen LogP contribution in [0.3, 0.4) is 0 Å². The smallest absolute Gasteiger partial charge is 0.292 e. The van der Waals surface area contributed by atoms with Crippen molar-refractivity contribution in [3.8, 4) is 0 Å². The van der Waals surface area contributed by atoms with E-state index in [1.165, 1.54) is 24.2 Å². The highest BCUT2D eigenvalue weighted by Crippen LogP contribution is 2.24. The maximum absolute atomic E-state index is 12.7. The summed E-state index contributed by atoms with van der Waals surface area (Å²) in [5.41, 5.74) is 1.83. The minimum absolute atomic E-state index is 0.0494. The van der Waals surface area contributed by atoms with E-state index in [0.717, 1.165) is 12.0 Å². The summed E-state index contributed by atoms with van der Waals surface area (Å²) in [5, 5.41) is 2.16. The number of carbonyl (C=O) groups excluding carboxylic acids is 2. The minimum Gasteiger partial charge on any atom is -0.333 e. The van der Waals surface area contributed by atoms with Gasteiger partial charge in [-0.1, -0.05) is 31.0 Å². The van der Waals surface area contributed by atoms with Gasteiger partial charge >= 0.3 is 0 Å². The van der Waals surface area contributed by atoms with Crippen LogP contribution in [-0.2, 0) is 9.59 Å². The first-order chi connectivity index (χ1) is 10.6. The lowest BCUT2D eigenvalue weighted by Crippen LogP contribution is -2.97. The van der Waals surface area contributed by atoms with Gasteiger partial charge in [0.25, 0.3) is 5.91 Å². The molecule has 2 N–H and O–H groups in total. The third kappa shape index (κ3) is 2.93. The van der Waals surface area contributed by atoms with Crippen molar-refractivity contribution in [3.05, 3.63) is 29.8 Å². The molecular formula is C18H25N2O2+. The van der Waals surface area contributed by atoms with Crippen molar-refractivity contribution in [2.75, 3.05) is 4.90 Å². The molecule has 1 heterocycles. The van der Waals surface area contributed by atoms with Crippen LogP contribution < -0.4 is 10.2 Å². The molecule has 1 saturated carbocycles. The Morgan fingerprint density at radius 2 is 1.77 bits per heavy atom. The maximum Gasteiger partial charge on any atom is 0.292 e. The topological polar surface area (TPSA) is 54.0 Å². The van der Waals surface area contributed by atoms with Crippen LogP contribution in [0.1, 0.15) is 44.6 Å². The number of quaternary nitrogens is 1. The molecule has 1 saturated heterocycles. The van der Waals surface area contributed by atoms with E-state index in [4.69, 9.17) is 0 Å². The molecule has 1 aliphatic heterocycles. The Labute approximate surface area is 131 Å². The molecule has 4 nitrogen and oxygen atoms in total. The summed E-state index contributed by atoms with van der Waals surface area (Å²) in [4.78, 5) is 26.3. The number of carbonyl (C=O) groups is 2. The summed E-state index contributed by atoms with van der Waals surface area (Å²) in [6.07, 6.45) is 5.25. The van der Waals surface area contributed by atoms with E-state index in [-0.39, 0.29) is 17.9 Å². The van der Waals surface area contributed by atoms with Crippen LogP contribution >= 0.6 is 0 Å². The number of rotatable bonds is 3. The van der Waals surface area contributed by atoms with Gasteiger partial charge in [0.15, 0.2) is 6.04 Å². The van der Waals surface area contributed by atoms with Gasteiger partial charge < -0.3 is 5.32 Å². The molecule has 1 aromatic carbocycles. The highest BCUT2D eigenvalue weighted by atomic mass is 16.2. The van der Waals surface area contributed by atoms with Crippen molar-refractivity contribution in [1.82, 2.24) is 0 Å². The molecule has 1 aliphatic carbocycles. The highest BCUT2D eigenvalue weighted by Gasteiger charge is 2.44. The SMILES string of the molecule is Cc1ccc(N2C(=O)C[C@H]([NH2+][C@H]3CCCC[C@@H]3C)C2=O)cc1. The second kappa shape index (κ2) is 6.21. The molecule has 0 bridgehead atoms. The van der Waals surface area contributed by atoms with Gasteiger partial charge in [0.2, 0.25) is 5.91 Å². The van der Waals surface area contributed by atoms with Crippen LogP contribution in [0.5, 0.6) is 0 Å². The normalized spacial score (nSPS) is 29.2. The zero-order valence-electron chi connectivity index (χ0n) is 13.4. The van der Waals surface area contributed by atoms with E-state index in [0.29, 0.717) is 24.1 Å². The number of hydrogen-bond donors (Lipinski definition) is 1. The molecule has 3 atom stereocenters. The average molecular weight is 301 g/mol. The van der Waals surface area contributed by atoms with Crippen LogP contribution in [0.4, 0.5) is 5.69 Å². The van der Waals surface area contributed by atoms with Crippen LogP contribution in [0.2, 0.25) is 0 Å². The van der Waals surface area contributed by atoms with Gasteiger partial charge in [-0.3, -0.25) is 9.59 Å². The Hall–Kier alpha value is -1.68. The van der Waals surface area contributed by atoms with E-state index in [1.54, 1.807) is 0 Å². The standard InChI is InChI=1S/C18H24N2O2/c1-12-7-9-14(10-8-12)20-17(21)11-16(18(20)22)19-15-6-4-3-5-13(15)2/h7-10,13,15-16,19H,3-6,11H2,1-2H3/p+1/t13-,15-,16-/m0/s1. The van der Waals surface area contributed by atoms with Crippen LogP contribution in [0.15, 0.2) is 24.3 Å². The molecule has 22 heavy (non-hydrogen) atoms. The first-order valence-corrected chi connectivity index (χ1v) is 8.34. The number of anilines is 1. The number of amides is 2. The number of nitrogens with two attached hydrogens (primary N) is 1. The lowest BCUT2D eigenvalue weighted by atomic mass is 9.85. The Balaban J connectivity index is 1.72. The summed E-state index contributed by atoms with van der Waals surface area (Å²) in [6.45, 7) is 4.26. The maximum atomic E-state index is 12.7. The third-order valence-electron chi connectivity index (χ3n) is 5.13. The summed E-state index contributed by atoms with van der Waals surface area (Å²) in [7, 11) is 0. The van der Waals surface area contributed by atoms with Gasteiger partial charge in [-0.25, -0.2) is 4.90 Å². The number of aryl methyl sites for hydroxylation is 1. The zero-order valence-corrected chi connectivity index (χ0v) is 13.4. The zero-order chi connectivity index (χ0) is 15.7. The van der Waals surface area contributed by atoms with E-state index in [1.807, 2.05) is 31.2 Å². The van der Waals surface area contributed by atoms with Crippen LogP contribution in [0, 0.1) is 12.8 Å². The van der Waals surface area contributed by atoms with Crippen molar-refractivity contribution in [1.29, 1.82) is 0 Å². The van der Waals surface area contributed by atoms with Crippen molar-refractivity contribution in [2.45, 2.75) is 58.0 Å². The fourth-order valence-corrected chi connectivity index (χ4v) is 3.70. The second-order valence-corrected chi connectivity index (χ2v) is 6.83. The fourth-order valence-electron chi connectivity index (χ4n) is 3.70. The monoisotopic (exact) mass is 301 g/mol. The first kappa shape index (κ1) is 15.2. The minimum atomic E-state index is -0.237. The molecule has 0 radical (unpaired) electrons. The predicted molar refractivity (Wildman–Crippen MR) is 85.4 cm³/mol. The summed E-state index contributed by atoms with van der Waals surface area (Å²) < 4.78 is 0. The van der Waals surface area contributed by atoms with Gasteiger partial charge in [0.1, 0.15) is 0 Å². The van der Waals surface area contributed by atoms with Crippen LogP contribution in [0.25, 0.3) is 0 Å². The van der Waals surface area contributed by atoms with Crippen molar-refractivity contribution in [3.63, 3.8) is 0 Å². The molecule has 0 unspecified atom stereocenters. The Morgan fingerprint density at radius 3 is 2.45 bits per heavy atom. The third-order valence-corrected chi connectivity index (χ3v) is 5.13. The van der Waals surface area contributed by atoms with E-state index >= 15 is 0 Å². The first-order valence-electron chi connectivity index (χ1n) is 8.34. The largest absolute Gasteiger partial charge is 0.333 e. The molecule has 2 fully saturated rings. The van der Waals surface area contributed by atoms with Gasteiger partial charge in [0.05, 0.1) is 18.2 Å². The lowest BCUT2D eigenvalue weighted by Gasteiger charge is -2.28. The summed E-state index contributed by atoms with van der Waals surface area (Å²) in [6, 6.07) is 7.84. The van der Waals surface area contributed by atoms with Crippen molar-refractivity contribution >= 4 is 17.5 Å². The molecule has 2 amide bonds. The van der Waals surface area contributed by atoms with E-state index < -0.39 is 0 Å². The predicted octanol–water partition coefficient (Wildman–Crippen LogP) is 1.77. The van der Waals surface area contributed by atoms with Gasteiger partial charge in [-0.05, 0) is 38.3 Å². The number of imide groups is 1. The number of benzene rings is 1. The molecule has 0 spiro atoms. The summed E-state index contributed by atoms with van der Waals surface area (Å²) in [5.74, 6) is 0.510. The van der Waals surface area contributed by atoms with Gasteiger partial charge in [-0.15, -0.1) is 0 Å². The van der Waals surface area contributed by atoms with Crippen molar-refractivity contribution in [2.24, 2.45) is 5.92 Å². The molecule has 3 rings (SSSR count). The molecule has 4 heteroatoms. The molecule has 0 aromatic heterocycles. The van der Waals surface area contributed by atoms with Crippen molar-refractivity contribution < 1.29 is 14.9 Å². The molecule has 1 aromatic rings. The lowest BCUT2D eigenvalue weighted by molar-refractivity contribution is -0.715. The quantitative estimate of drug-likeness (QED) is 0.865. The Kier molecular flexibility index (Phi) is 4.30. The van der Waals surface area contributed by atoms with E-state index in [2.05, 4.69) is 12.2 Å². The fraction of sp³-hybridized carbons (Fsp3) is 0.556. The highest BCUT2D eigenvalue weighted by molar-refractivity contribution is 6.21. The summed E-state index contributed by atoms with van der Waals surface area (Å²) >= 11 is 0.